The Morgan fingerprint density at radius 3 is 2.60 bits per heavy atom. The second kappa shape index (κ2) is 3.92. The lowest BCUT2D eigenvalue weighted by molar-refractivity contribution is 1.14. The van der Waals surface area contributed by atoms with Crippen molar-refractivity contribution in [1.82, 2.24) is 4.98 Å². The number of benzene rings is 1. The van der Waals surface area contributed by atoms with E-state index in [9.17, 15) is 0 Å². The molecule has 0 radical (unpaired) electrons. The van der Waals surface area contributed by atoms with Gasteiger partial charge in [0.25, 0.3) is 0 Å². The molecular formula is C18H17NS. The molecule has 0 saturated heterocycles. The third kappa shape index (κ3) is 1.40. The standard InChI is InChI=1S/C18H17NS/c1-9-8-19-18-13-5-6-16-17(11(3)12(4)20-16)15(13)7-14(18)10(9)2/h5-6,8H,7H2,1-4H3. The van der Waals surface area contributed by atoms with Crippen LogP contribution in [0.25, 0.3) is 21.3 Å². The lowest BCUT2D eigenvalue weighted by Gasteiger charge is -2.05. The zero-order valence-corrected chi connectivity index (χ0v) is 13.1. The third-order valence-corrected chi connectivity index (χ3v) is 5.94. The largest absolute Gasteiger partial charge is 0.256 e. The fourth-order valence-electron chi connectivity index (χ4n) is 3.32. The predicted octanol–water partition coefficient (Wildman–Crippen LogP) is 5.10. The normalized spacial score (nSPS) is 12.8. The van der Waals surface area contributed by atoms with Crippen LogP contribution in [0.15, 0.2) is 18.3 Å². The van der Waals surface area contributed by atoms with Crippen LogP contribution in [0.3, 0.4) is 0 Å². The summed E-state index contributed by atoms with van der Waals surface area (Å²) in [5, 5.41) is 1.47. The number of nitrogens with zero attached hydrogens (tertiary/aromatic N) is 1. The number of aryl methyl sites for hydroxylation is 3. The van der Waals surface area contributed by atoms with Crippen LogP contribution in [0.2, 0.25) is 0 Å². The van der Waals surface area contributed by atoms with E-state index < -0.39 is 0 Å². The van der Waals surface area contributed by atoms with Gasteiger partial charge in [-0.05, 0) is 67.0 Å². The topological polar surface area (TPSA) is 12.9 Å². The molecule has 0 fully saturated rings. The zero-order valence-electron chi connectivity index (χ0n) is 12.3. The fourth-order valence-corrected chi connectivity index (χ4v) is 4.42. The lowest BCUT2D eigenvalue weighted by Crippen LogP contribution is -1.92. The summed E-state index contributed by atoms with van der Waals surface area (Å²) in [5.41, 5.74) is 9.61. The molecule has 3 aromatic rings. The van der Waals surface area contributed by atoms with E-state index in [1.807, 2.05) is 17.5 Å². The van der Waals surface area contributed by atoms with Gasteiger partial charge in [0.15, 0.2) is 0 Å². The number of hydrogen-bond donors (Lipinski definition) is 0. The van der Waals surface area contributed by atoms with Gasteiger partial charge in [-0.2, -0.15) is 0 Å². The highest BCUT2D eigenvalue weighted by atomic mass is 32.1. The Kier molecular flexibility index (Phi) is 2.37. The van der Waals surface area contributed by atoms with Crippen molar-refractivity contribution in [2.24, 2.45) is 0 Å². The average molecular weight is 279 g/mol. The van der Waals surface area contributed by atoms with E-state index in [0.717, 1.165) is 6.42 Å². The van der Waals surface area contributed by atoms with E-state index in [-0.39, 0.29) is 0 Å². The van der Waals surface area contributed by atoms with Crippen LogP contribution < -0.4 is 0 Å². The molecule has 2 heteroatoms. The van der Waals surface area contributed by atoms with Crippen molar-refractivity contribution in [2.45, 2.75) is 34.1 Å². The molecule has 2 heterocycles. The number of fused-ring (bicyclic) bond motifs is 5. The number of rotatable bonds is 0. The van der Waals surface area contributed by atoms with E-state index in [1.54, 1.807) is 0 Å². The zero-order chi connectivity index (χ0) is 14.0. The van der Waals surface area contributed by atoms with Gasteiger partial charge < -0.3 is 0 Å². The minimum atomic E-state index is 1.04. The van der Waals surface area contributed by atoms with Crippen LogP contribution in [-0.2, 0) is 6.42 Å². The van der Waals surface area contributed by atoms with Crippen LogP contribution in [0.5, 0.6) is 0 Å². The van der Waals surface area contributed by atoms with Crippen molar-refractivity contribution in [3.8, 4) is 11.3 Å². The van der Waals surface area contributed by atoms with Crippen LogP contribution in [0.1, 0.15) is 32.7 Å². The molecule has 1 aliphatic rings. The summed E-state index contributed by atoms with van der Waals surface area (Å²) in [4.78, 5) is 6.14. The highest BCUT2D eigenvalue weighted by Gasteiger charge is 2.25. The van der Waals surface area contributed by atoms with Gasteiger partial charge in [0.1, 0.15) is 0 Å². The number of pyridine rings is 1. The number of aromatic nitrogens is 1. The van der Waals surface area contributed by atoms with Gasteiger partial charge in [-0.15, -0.1) is 11.3 Å². The maximum Gasteiger partial charge on any atom is 0.0743 e. The SMILES string of the molecule is Cc1cnc2c(c1C)Cc1c-2ccc2sc(C)c(C)c12. The number of thiophene rings is 1. The molecule has 1 aliphatic carbocycles. The van der Waals surface area contributed by atoms with Crippen molar-refractivity contribution in [2.75, 3.05) is 0 Å². The molecule has 0 amide bonds. The van der Waals surface area contributed by atoms with E-state index in [4.69, 9.17) is 4.98 Å². The Morgan fingerprint density at radius 2 is 1.80 bits per heavy atom. The molecule has 0 N–H and O–H groups in total. The fraction of sp³-hybridized carbons (Fsp3) is 0.278. The smallest absolute Gasteiger partial charge is 0.0743 e. The van der Waals surface area contributed by atoms with Gasteiger partial charge >= 0.3 is 0 Å². The summed E-state index contributed by atoms with van der Waals surface area (Å²) < 4.78 is 1.42. The summed E-state index contributed by atoms with van der Waals surface area (Å²) in [5.74, 6) is 0. The van der Waals surface area contributed by atoms with Crippen LogP contribution in [-0.4, -0.2) is 4.98 Å². The minimum Gasteiger partial charge on any atom is -0.256 e. The maximum atomic E-state index is 4.71. The van der Waals surface area contributed by atoms with Gasteiger partial charge in [0.2, 0.25) is 0 Å². The van der Waals surface area contributed by atoms with E-state index in [1.165, 1.54) is 54.0 Å². The monoisotopic (exact) mass is 279 g/mol. The van der Waals surface area contributed by atoms with Gasteiger partial charge in [-0.1, -0.05) is 6.07 Å². The van der Waals surface area contributed by atoms with Crippen molar-refractivity contribution in [3.63, 3.8) is 0 Å². The quantitative estimate of drug-likeness (QED) is 0.436. The molecule has 4 rings (SSSR count). The van der Waals surface area contributed by atoms with Crippen LogP contribution >= 0.6 is 11.3 Å². The molecule has 1 nitrogen and oxygen atoms in total. The van der Waals surface area contributed by atoms with Crippen molar-refractivity contribution >= 4 is 21.4 Å². The second-order valence-corrected chi connectivity index (χ2v) is 7.07. The summed E-state index contributed by atoms with van der Waals surface area (Å²) in [7, 11) is 0. The van der Waals surface area contributed by atoms with Crippen molar-refractivity contribution in [1.29, 1.82) is 0 Å². The lowest BCUT2D eigenvalue weighted by atomic mass is 10.0. The van der Waals surface area contributed by atoms with Gasteiger partial charge in [0, 0.05) is 27.8 Å². The highest BCUT2D eigenvalue weighted by Crippen LogP contribution is 2.44. The molecule has 1 aromatic carbocycles. The first-order chi connectivity index (χ1) is 9.58. The molecule has 0 spiro atoms. The molecule has 0 atom stereocenters. The molecule has 0 aliphatic heterocycles. The van der Waals surface area contributed by atoms with E-state index in [2.05, 4.69) is 39.8 Å². The third-order valence-electron chi connectivity index (χ3n) is 4.77. The molecule has 100 valence electrons. The average Bonchev–Trinajstić information content (AvgIpc) is 2.93. The van der Waals surface area contributed by atoms with E-state index >= 15 is 0 Å². The Bertz CT molecular complexity index is 871. The first-order valence-corrected chi connectivity index (χ1v) is 7.86. The minimum absolute atomic E-state index is 1.04. The predicted molar refractivity (Wildman–Crippen MR) is 86.8 cm³/mol. The summed E-state index contributed by atoms with van der Waals surface area (Å²) >= 11 is 1.91. The Labute approximate surface area is 123 Å². The number of hydrogen-bond acceptors (Lipinski definition) is 2. The van der Waals surface area contributed by atoms with Gasteiger partial charge in [-0.3, -0.25) is 4.98 Å². The summed E-state index contributed by atoms with van der Waals surface area (Å²) in [6, 6.07) is 4.53. The van der Waals surface area contributed by atoms with Gasteiger partial charge in [0.05, 0.1) is 5.69 Å². The first-order valence-electron chi connectivity index (χ1n) is 7.05. The molecule has 0 saturated carbocycles. The Hall–Kier alpha value is -1.67. The Balaban J connectivity index is 2.09. The van der Waals surface area contributed by atoms with Gasteiger partial charge in [-0.25, -0.2) is 0 Å². The maximum absolute atomic E-state index is 4.71. The molecular weight excluding hydrogens is 262 g/mol. The van der Waals surface area contributed by atoms with Crippen molar-refractivity contribution < 1.29 is 0 Å². The van der Waals surface area contributed by atoms with E-state index in [0.29, 0.717) is 0 Å². The molecule has 0 bridgehead atoms. The molecule has 20 heavy (non-hydrogen) atoms. The highest BCUT2D eigenvalue weighted by molar-refractivity contribution is 7.19. The molecule has 0 unspecified atom stereocenters. The second-order valence-electron chi connectivity index (χ2n) is 5.82. The first kappa shape index (κ1) is 12.1. The summed E-state index contributed by atoms with van der Waals surface area (Å²) in [6.07, 6.45) is 3.05. The van der Waals surface area contributed by atoms with Crippen LogP contribution in [0, 0.1) is 27.7 Å². The van der Waals surface area contributed by atoms with Crippen LogP contribution in [0.4, 0.5) is 0 Å². The summed E-state index contributed by atoms with van der Waals surface area (Å²) in [6.45, 7) is 8.86. The molecule has 2 aromatic heterocycles. The Morgan fingerprint density at radius 1 is 1.00 bits per heavy atom. The van der Waals surface area contributed by atoms with Crippen molar-refractivity contribution in [3.05, 3.63) is 51.0 Å².